The van der Waals surface area contributed by atoms with Crippen molar-refractivity contribution in [3.05, 3.63) is 30.2 Å². The van der Waals surface area contributed by atoms with Gasteiger partial charge in [0.05, 0.1) is 6.54 Å². The van der Waals surface area contributed by atoms with Gasteiger partial charge in [0.1, 0.15) is 0 Å². The van der Waals surface area contributed by atoms with Crippen molar-refractivity contribution in [3.63, 3.8) is 0 Å². The molecule has 2 N–H and O–H groups in total. The van der Waals surface area contributed by atoms with E-state index in [0.717, 1.165) is 30.4 Å². The Morgan fingerprint density at radius 2 is 2.25 bits per heavy atom. The van der Waals surface area contributed by atoms with Gasteiger partial charge in [-0.2, -0.15) is 0 Å². The normalized spacial score (nSPS) is 18.6. The number of fused-ring (bicyclic) bond motifs is 1. The summed E-state index contributed by atoms with van der Waals surface area (Å²) >= 11 is 0. The van der Waals surface area contributed by atoms with Crippen molar-refractivity contribution in [2.45, 2.75) is 32.7 Å². The summed E-state index contributed by atoms with van der Waals surface area (Å²) in [6, 6.07) is 5.56. The lowest BCUT2D eigenvalue weighted by atomic mass is 10.0. The van der Waals surface area contributed by atoms with E-state index in [1.165, 1.54) is 25.9 Å². The van der Waals surface area contributed by atoms with E-state index in [1.807, 2.05) is 28.8 Å². The predicted octanol–water partition coefficient (Wildman–Crippen LogP) is 1.65. The molecule has 0 aromatic carbocycles. The van der Waals surface area contributed by atoms with Crippen LogP contribution in [0.2, 0.25) is 0 Å². The average Bonchev–Trinajstić information content (AvgIpc) is 3.00. The van der Waals surface area contributed by atoms with Gasteiger partial charge in [0, 0.05) is 19.3 Å². The van der Waals surface area contributed by atoms with Gasteiger partial charge >= 0.3 is 6.03 Å². The summed E-state index contributed by atoms with van der Waals surface area (Å²) in [6.45, 7) is 6.80. The van der Waals surface area contributed by atoms with E-state index in [2.05, 4.69) is 32.7 Å². The minimum atomic E-state index is -0.158. The fourth-order valence-electron chi connectivity index (χ4n) is 3.23. The molecule has 1 atom stereocenters. The smallest absolute Gasteiger partial charge is 0.315 e. The summed E-state index contributed by atoms with van der Waals surface area (Å²) in [5.41, 5.74) is 0.783. The van der Waals surface area contributed by atoms with Crippen molar-refractivity contribution in [3.8, 4) is 0 Å². The summed E-state index contributed by atoms with van der Waals surface area (Å²) in [7, 11) is 0. The van der Waals surface area contributed by atoms with E-state index in [1.54, 1.807) is 0 Å². The number of urea groups is 1. The lowest BCUT2D eigenvalue weighted by Crippen LogP contribution is -2.39. The first-order chi connectivity index (χ1) is 11.7. The number of piperidine rings is 1. The number of hydrogen-bond acceptors (Lipinski definition) is 4. The van der Waals surface area contributed by atoms with E-state index < -0.39 is 0 Å². The van der Waals surface area contributed by atoms with Crippen LogP contribution >= 0.6 is 0 Å². The first-order valence-corrected chi connectivity index (χ1v) is 8.75. The van der Waals surface area contributed by atoms with Crippen LogP contribution in [0.3, 0.4) is 0 Å². The average molecular weight is 330 g/mol. The maximum atomic E-state index is 11.9. The third-order valence-corrected chi connectivity index (χ3v) is 4.47. The van der Waals surface area contributed by atoms with E-state index in [4.69, 9.17) is 0 Å². The van der Waals surface area contributed by atoms with Crippen molar-refractivity contribution in [2.24, 2.45) is 5.92 Å². The quantitative estimate of drug-likeness (QED) is 0.790. The Morgan fingerprint density at radius 1 is 1.33 bits per heavy atom. The molecule has 0 aliphatic carbocycles. The molecule has 7 nitrogen and oxygen atoms in total. The van der Waals surface area contributed by atoms with Crippen LogP contribution in [0, 0.1) is 5.92 Å². The fraction of sp³-hybridized carbons (Fsp3) is 0.588. The van der Waals surface area contributed by atoms with Crippen LogP contribution in [-0.4, -0.2) is 51.7 Å². The molecule has 130 valence electrons. The van der Waals surface area contributed by atoms with E-state index in [0.29, 0.717) is 13.1 Å². The number of nitrogens with zero attached hydrogens (tertiary/aromatic N) is 4. The first kappa shape index (κ1) is 16.7. The second-order valence-corrected chi connectivity index (χ2v) is 6.56. The van der Waals surface area contributed by atoms with Crippen LogP contribution < -0.4 is 10.6 Å². The lowest BCUT2D eigenvalue weighted by Gasteiger charge is -2.30. The van der Waals surface area contributed by atoms with Crippen LogP contribution in [0.15, 0.2) is 24.4 Å². The Labute approximate surface area is 142 Å². The van der Waals surface area contributed by atoms with Crippen molar-refractivity contribution in [1.82, 2.24) is 30.1 Å². The Balaban J connectivity index is 1.34. The lowest BCUT2D eigenvalue weighted by molar-refractivity contribution is 0.181. The van der Waals surface area contributed by atoms with Gasteiger partial charge in [-0.05, 0) is 50.4 Å². The van der Waals surface area contributed by atoms with Crippen LogP contribution in [0.5, 0.6) is 0 Å². The number of carbonyl (C=O) groups is 1. The molecule has 2 aromatic rings. The molecule has 1 fully saturated rings. The summed E-state index contributed by atoms with van der Waals surface area (Å²) in [5.74, 6) is 1.52. The SMILES string of the molecule is C[C@H]1CCCN(CCCNC(=O)NCc2nnc3ccccn23)C1. The molecule has 0 spiro atoms. The third-order valence-electron chi connectivity index (χ3n) is 4.47. The van der Waals surface area contributed by atoms with Gasteiger partial charge in [0.15, 0.2) is 11.5 Å². The number of likely N-dealkylation sites (tertiary alicyclic amines) is 1. The van der Waals surface area contributed by atoms with Gasteiger partial charge in [-0.25, -0.2) is 4.79 Å². The molecular formula is C17H26N6O. The molecule has 3 heterocycles. The second kappa shape index (κ2) is 8.10. The molecule has 2 amide bonds. The topological polar surface area (TPSA) is 74.6 Å². The zero-order chi connectivity index (χ0) is 16.8. The Morgan fingerprint density at radius 3 is 3.12 bits per heavy atom. The highest BCUT2D eigenvalue weighted by Gasteiger charge is 2.15. The van der Waals surface area contributed by atoms with E-state index in [-0.39, 0.29) is 6.03 Å². The number of aromatic nitrogens is 3. The van der Waals surface area contributed by atoms with Gasteiger partial charge in [0.25, 0.3) is 0 Å². The molecule has 0 radical (unpaired) electrons. The number of rotatable bonds is 6. The van der Waals surface area contributed by atoms with Crippen LogP contribution in [0.25, 0.3) is 5.65 Å². The maximum absolute atomic E-state index is 11.9. The van der Waals surface area contributed by atoms with E-state index >= 15 is 0 Å². The van der Waals surface area contributed by atoms with Crippen LogP contribution in [0.1, 0.15) is 32.0 Å². The molecule has 7 heteroatoms. The summed E-state index contributed by atoms with van der Waals surface area (Å²) < 4.78 is 1.87. The molecule has 1 saturated heterocycles. The van der Waals surface area contributed by atoms with Gasteiger partial charge in [-0.15, -0.1) is 10.2 Å². The Kier molecular flexibility index (Phi) is 5.63. The summed E-state index contributed by atoms with van der Waals surface area (Å²) in [4.78, 5) is 14.4. The monoisotopic (exact) mass is 330 g/mol. The zero-order valence-corrected chi connectivity index (χ0v) is 14.2. The maximum Gasteiger partial charge on any atom is 0.315 e. The zero-order valence-electron chi connectivity index (χ0n) is 14.2. The Bertz CT molecular complexity index is 670. The van der Waals surface area contributed by atoms with Crippen molar-refractivity contribution in [1.29, 1.82) is 0 Å². The fourth-order valence-corrected chi connectivity index (χ4v) is 3.23. The molecule has 2 aromatic heterocycles. The number of amides is 2. The highest BCUT2D eigenvalue weighted by atomic mass is 16.2. The standard InChI is InChI=1S/C17H26N6O/c1-14-6-4-9-22(13-14)10-5-8-18-17(24)19-12-16-21-20-15-7-2-3-11-23(15)16/h2-3,7,11,14H,4-6,8-10,12-13H2,1H3,(H2,18,19,24)/t14-/m0/s1. The molecule has 0 saturated carbocycles. The number of pyridine rings is 1. The van der Waals surface area contributed by atoms with Gasteiger partial charge < -0.3 is 15.5 Å². The van der Waals surface area contributed by atoms with Crippen molar-refractivity contribution in [2.75, 3.05) is 26.2 Å². The highest BCUT2D eigenvalue weighted by Crippen LogP contribution is 2.15. The molecule has 0 unspecified atom stereocenters. The van der Waals surface area contributed by atoms with Crippen molar-refractivity contribution < 1.29 is 4.79 Å². The van der Waals surface area contributed by atoms with Gasteiger partial charge in [-0.3, -0.25) is 4.40 Å². The molecular weight excluding hydrogens is 304 g/mol. The summed E-state index contributed by atoms with van der Waals surface area (Å²) in [6.07, 6.45) is 5.51. The Hall–Kier alpha value is -2.15. The molecule has 3 rings (SSSR count). The van der Waals surface area contributed by atoms with Crippen molar-refractivity contribution >= 4 is 11.7 Å². The highest BCUT2D eigenvalue weighted by molar-refractivity contribution is 5.73. The minimum absolute atomic E-state index is 0.158. The molecule has 1 aliphatic rings. The van der Waals surface area contributed by atoms with Crippen LogP contribution in [0.4, 0.5) is 4.79 Å². The first-order valence-electron chi connectivity index (χ1n) is 8.75. The summed E-state index contributed by atoms with van der Waals surface area (Å²) in [5, 5.41) is 13.9. The third kappa shape index (κ3) is 4.44. The molecule has 0 bridgehead atoms. The molecule has 1 aliphatic heterocycles. The number of carbonyl (C=O) groups excluding carboxylic acids is 1. The van der Waals surface area contributed by atoms with E-state index in [9.17, 15) is 4.79 Å². The second-order valence-electron chi connectivity index (χ2n) is 6.56. The number of hydrogen-bond donors (Lipinski definition) is 2. The van der Waals surface area contributed by atoms with Gasteiger partial charge in [-0.1, -0.05) is 13.0 Å². The molecule has 24 heavy (non-hydrogen) atoms. The minimum Gasteiger partial charge on any atom is -0.338 e. The van der Waals surface area contributed by atoms with Crippen LogP contribution in [-0.2, 0) is 6.54 Å². The van der Waals surface area contributed by atoms with Gasteiger partial charge in [0.2, 0.25) is 0 Å². The predicted molar refractivity (Wildman–Crippen MR) is 92.7 cm³/mol. The number of nitrogens with one attached hydrogen (secondary N) is 2. The largest absolute Gasteiger partial charge is 0.338 e.